The van der Waals surface area contributed by atoms with Crippen molar-refractivity contribution >= 4 is 34.9 Å². The summed E-state index contributed by atoms with van der Waals surface area (Å²) in [4.78, 5) is 16.1. The molecule has 2 aromatic carbocycles. The second kappa shape index (κ2) is 12.5. The fourth-order valence-corrected chi connectivity index (χ4v) is 4.70. The molecule has 0 bridgehead atoms. The molecule has 37 heavy (non-hydrogen) atoms. The van der Waals surface area contributed by atoms with Crippen LogP contribution in [-0.2, 0) is 6.42 Å². The van der Waals surface area contributed by atoms with Gasteiger partial charge < -0.3 is 19.7 Å². The summed E-state index contributed by atoms with van der Waals surface area (Å²) in [6.45, 7) is 5.62. The highest BCUT2D eigenvalue weighted by Crippen LogP contribution is 2.29. The largest absolute Gasteiger partial charge is 0.497 e. The van der Waals surface area contributed by atoms with Crippen molar-refractivity contribution in [1.82, 2.24) is 14.9 Å². The maximum Gasteiger partial charge on any atom is 0.229 e. The molecule has 2 N–H and O–H groups in total. The van der Waals surface area contributed by atoms with Crippen molar-refractivity contribution in [2.24, 2.45) is 10.9 Å². The van der Waals surface area contributed by atoms with Gasteiger partial charge in [0.05, 0.1) is 19.9 Å². The Morgan fingerprint density at radius 3 is 2.32 bits per heavy atom. The van der Waals surface area contributed by atoms with Crippen LogP contribution in [0, 0.1) is 19.8 Å². The van der Waals surface area contributed by atoms with Gasteiger partial charge >= 0.3 is 0 Å². The summed E-state index contributed by atoms with van der Waals surface area (Å²) < 4.78 is 10.8. The standard InChI is InChI=1S/C28H34N6O2S/c1-19-16-20(2)30-26(29-19)32-27(33-28(37)31-24-18-23(35-3)10-11-25(24)36-4)34-14-12-22(13-15-34)17-21-8-6-5-7-9-21/h5-11,16,18,22H,12-15,17H2,1-4H3,(H2,29,30,31,32,33,37). The Morgan fingerprint density at radius 1 is 0.973 bits per heavy atom. The third-order valence-corrected chi connectivity index (χ3v) is 6.54. The molecule has 0 unspecified atom stereocenters. The molecule has 4 rings (SSSR count). The zero-order valence-corrected chi connectivity index (χ0v) is 22.6. The van der Waals surface area contributed by atoms with Crippen LogP contribution in [0.1, 0.15) is 29.8 Å². The van der Waals surface area contributed by atoms with Crippen molar-refractivity contribution in [3.63, 3.8) is 0 Å². The molecule has 9 heteroatoms. The lowest BCUT2D eigenvalue weighted by Gasteiger charge is -2.34. The molecule has 2 heterocycles. The number of hydrogen-bond donors (Lipinski definition) is 2. The van der Waals surface area contributed by atoms with Gasteiger partial charge in [-0.3, -0.25) is 5.32 Å². The number of anilines is 2. The minimum atomic E-state index is 0.296. The van der Waals surface area contributed by atoms with Gasteiger partial charge in [0.15, 0.2) is 0 Å². The number of benzene rings is 2. The quantitative estimate of drug-likeness (QED) is 0.261. The number of guanidine groups is 1. The number of aliphatic imine (C=N–C) groups is 1. The molecular weight excluding hydrogens is 484 g/mol. The van der Waals surface area contributed by atoms with E-state index in [1.807, 2.05) is 38.1 Å². The van der Waals surface area contributed by atoms with Crippen molar-refractivity contribution in [2.75, 3.05) is 37.9 Å². The van der Waals surface area contributed by atoms with E-state index in [0.717, 1.165) is 43.7 Å². The first-order chi connectivity index (χ1) is 17.9. The average molecular weight is 519 g/mol. The number of aromatic nitrogens is 2. The normalized spacial score (nSPS) is 14.3. The zero-order chi connectivity index (χ0) is 26.2. The molecule has 1 aliphatic heterocycles. The number of methoxy groups -OCH3 is 2. The molecule has 0 atom stereocenters. The van der Waals surface area contributed by atoms with Gasteiger partial charge in [0.1, 0.15) is 11.5 Å². The van der Waals surface area contributed by atoms with Gasteiger partial charge in [-0.2, -0.15) is 4.99 Å². The van der Waals surface area contributed by atoms with Crippen LogP contribution >= 0.6 is 12.2 Å². The van der Waals surface area contributed by atoms with E-state index in [2.05, 4.69) is 55.8 Å². The Labute approximate surface area is 224 Å². The van der Waals surface area contributed by atoms with E-state index in [4.69, 9.17) is 26.7 Å². The number of hydrogen-bond acceptors (Lipinski definition) is 5. The predicted molar refractivity (Wildman–Crippen MR) is 153 cm³/mol. The lowest BCUT2D eigenvalue weighted by Crippen LogP contribution is -2.43. The summed E-state index contributed by atoms with van der Waals surface area (Å²) in [5, 5.41) is 6.82. The van der Waals surface area contributed by atoms with Gasteiger partial charge in [0.25, 0.3) is 0 Å². The first-order valence-corrected chi connectivity index (χ1v) is 12.8. The Balaban J connectivity index is 1.52. The summed E-state index contributed by atoms with van der Waals surface area (Å²) in [5.74, 6) is 3.10. The van der Waals surface area contributed by atoms with Gasteiger partial charge in [0, 0.05) is 30.5 Å². The number of rotatable bonds is 6. The van der Waals surface area contributed by atoms with E-state index in [9.17, 15) is 0 Å². The van der Waals surface area contributed by atoms with E-state index in [1.54, 1.807) is 14.2 Å². The predicted octanol–water partition coefficient (Wildman–Crippen LogP) is 5.23. The molecule has 0 spiro atoms. The van der Waals surface area contributed by atoms with Crippen LogP contribution in [0.25, 0.3) is 0 Å². The number of piperidine rings is 1. The second-order valence-electron chi connectivity index (χ2n) is 9.15. The second-order valence-corrected chi connectivity index (χ2v) is 9.54. The lowest BCUT2D eigenvalue weighted by atomic mass is 9.90. The molecule has 0 aliphatic carbocycles. The van der Waals surface area contributed by atoms with Gasteiger partial charge in [-0.05, 0) is 75.0 Å². The number of thiocarbonyl (C=S) groups is 1. The van der Waals surface area contributed by atoms with Crippen molar-refractivity contribution < 1.29 is 9.47 Å². The fourth-order valence-electron chi connectivity index (χ4n) is 4.51. The number of likely N-dealkylation sites (tertiary alicyclic amines) is 1. The van der Waals surface area contributed by atoms with E-state index < -0.39 is 0 Å². The Bertz CT molecular complexity index is 1220. The SMILES string of the molecule is COc1ccc(OC)c(NC(=S)/N=C(/Nc2nc(C)cc(C)n2)N2CCC(Cc3ccccc3)CC2)c1. The Morgan fingerprint density at radius 2 is 1.68 bits per heavy atom. The van der Waals surface area contributed by atoms with Crippen LogP contribution in [0.15, 0.2) is 59.6 Å². The lowest BCUT2D eigenvalue weighted by molar-refractivity contribution is 0.265. The van der Waals surface area contributed by atoms with E-state index in [1.165, 1.54) is 5.56 Å². The highest BCUT2D eigenvalue weighted by molar-refractivity contribution is 7.80. The van der Waals surface area contributed by atoms with Gasteiger partial charge in [-0.1, -0.05) is 30.3 Å². The van der Waals surface area contributed by atoms with Crippen LogP contribution in [0.2, 0.25) is 0 Å². The highest BCUT2D eigenvalue weighted by Gasteiger charge is 2.23. The molecule has 8 nitrogen and oxygen atoms in total. The maximum atomic E-state index is 5.64. The number of nitrogens with zero attached hydrogens (tertiary/aromatic N) is 4. The van der Waals surface area contributed by atoms with Crippen LogP contribution in [0.4, 0.5) is 11.6 Å². The summed E-state index contributed by atoms with van der Waals surface area (Å²) in [5.41, 5.74) is 3.84. The number of aryl methyl sites for hydroxylation is 2. The molecule has 1 fully saturated rings. The van der Waals surface area contributed by atoms with E-state index in [-0.39, 0.29) is 0 Å². The van der Waals surface area contributed by atoms with E-state index in [0.29, 0.717) is 40.1 Å². The molecule has 0 amide bonds. The first kappa shape index (κ1) is 26.3. The molecule has 194 valence electrons. The van der Waals surface area contributed by atoms with Gasteiger partial charge in [-0.15, -0.1) is 0 Å². The van der Waals surface area contributed by atoms with Crippen LogP contribution in [0.5, 0.6) is 11.5 Å². The van der Waals surface area contributed by atoms with Crippen LogP contribution < -0.4 is 20.1 Å². The van der Waals surface area contributed by atoms with E-state index >= 15 is 0 Å². The third kappa shape index (κ3) is 7.39. The average Bonchev–Trinajstić information content (AvgIpc) is 2.88. The summed E-state index contributed by atoms with van der Waals surface area (Å²) in [7, 11) is 3.23. The van der Waals surface area contributed by atoms with Crippen LogP contribution in [-0.4, -0.2) is 53.2 Å². The molecule has 3 aromatic rings. The Hall–Kier alpha value is -3.72. The fraction of sp³-hybridized carbons (Fsp3) is 0.357. The molecule has 1 aromatic heterocycles. The summed E-state index contributed by atoms with van der Waals surface area (Å²) >= 11 is 5.64. The molecule has 1 saturated heterocycles. The molecule has 0 saturated carbocycles. The van der Waals surface area contributed by atoms with Crippen LogP contribution in [0.3, 0.4) is 0 Å². The summed E-state index contributed by atoms with van der Waals surface area (Å²) in [6.07, 6.45) is 3.21. The van der Waals surface area contributed by atoms with Crippen molar-refractivity contribution in [3.05, 3.63) is 71.5 Å². The van der Waals surface area contributed by atoms with Gasteiger partial charge in [-0.25, -0.2) is 9.97 Å². The minimum absolute atomic E-state index is 0.296. The molecule has 0 radical (unpaired) electrons. The number of nitrogens with one attached hydrogen (secondary N) is 2. The maximum absolute atomic E-state index is 5.64. The molecule has 1 aliphatic rings. The molecular formula is C28H34N6O2S. The smallest absolute Gasteiger partial charge is 0.229 e. The van der Waals surface area contributed by atoms with Crippen molar-refractivity contribution in [1.29, 1.82) is 0 Å². The topological polar surface area (TPSA) is 83.9 Å². The third-order valence-electron chi connectivity index (χ3n) is 6.34. The van der Waals surface area contributed by atoms with Crippen molar-refractivity contribution in [3.8, 4) is 11.5 Å². The number of ether oxygens (including phenoxy) is 2. The van der Waals surface area contributed by atoms with Crippen molar-refractivity contribution in [2.45, 2.75) is 33.1 Å². The highest BCUT2D eigenvalue weighted by atomic mass is 32.1. The minimum Gasteiger partial charge on any atom is -0.497 e. The summed E-state index contributed by atoms with van der Waals surface area (Å²) in [6, 6.07) is 18.1. The first-order valence-electron chi connectivity index (χ1n) is 12.4. The Kier molecular flexibility index (Phi) is 8.90. The monoisotopic (exact) mass is 518 g/mol. The van der Waals surface area contributed by atoms with Gasteiger partial charge in [0.2, 0.25) is 17.0 Å². The zero-order valence-electron chi connectivity index (χ0n) is 21.8.